The molecule has 0 amide bonds. The van der Waals surface area contributed by atoms with Crippen molar-refractivity contribution in [2.24, 2.45) is 0 Å². The maximum absolute atomic E-state index is 5.34. The molecule has 0 spiro atoms. The first-order valence-electron chi connectivity index (χ1n) is 3.18. The van der Waals surface area contributed by atoms with Crippen molar-refractivity contribution in [3.63, 3.8) is 0 Å². The first-order chi connectivity index (χ1) is 3.95. The minimum absolute atomic E-state index is 0.855. The third-order valence-corrected chi connectivity index (χ3v) is 3.32. The second-order valence-electron chi connectivity index (χ2n) is 2.49. The zero-order valence-electron chi connectivity index (χ0n) is 4.80. The maximum atomic E-state index is 5.34. The molecule has 2 rings (SSSR count). The van der Waals surface area contributed by atoms with Crippen LogP contribution in [-0.4, -0.2) is 23.7 Å². The molecule has 2 atom stereocenters. The van der Waals surface area contributed by atoms with Crippen molar-refractivity contribution >= 4 is 11.8 Å². The zero-order valence-corrected chi connectivity index (χ0v) is 5.62. The molecule has 1 nitrogen and oxygen atoms in total. The van der Waals surface area contributed by atoms with Gasteiger partial charge in [-0.1, -0.05) is 0 Å². The van der Waals surface area contributed by atoms with E-state index in [1.807, 2.05) is 0 Å². The standard InChI is InChI=1S/C6H10OS/c1-2-6-4-7-3-5(1)8-6/h5-6H,1-4H2. The molecule has 0 N–H and O–H groups in total. The van der Waals surface area contributed by atoms with Crippen molar-refractivity contribution in [1.82, 2.24) is 0 Å². The Hall–Kier alpha value is 0.310. The summed E-state index contributed by atoms with van der Waals surface area (Å²) < 4.78 is 5.34. The average Bonchev–Trinajstić information content (AvgIpc) is 2.12. The van der Waals surface area contributed by atoms with Crippen LogP contribution < -0.4 is 0 Å². The monoisotopic (exact) mass is 130 g/mol. The molecule has 8 heavy (non-hydrogen) atoms. The SMILES string of the molecule is C1CC2COCC1S2. The number of rotatable bonds is 0. The van der Waals surface area contributed by atoms with Gasteiger partial charge in [0.2, 0.25) is 0 Å². The lowest BCUT2D eigenvalue weighted by Gasteiger charge is -2.17. The lowest BCUT2D eigenvalue weighted by molar-refractivity contribution is 0.141. The van der Waals surface area contributed by atoms with Gasteiger partial charge in [0.1, 0.15) is 0 Å². The molecular weight excluding hydrogens is 120 g/mol. The highest BCUT2D eigenvalue weighted by molar-refractivity contribution is 8.00. The Morgan fingerprint density at radius 3 is 2.25 bits per heavy atom. The topological polar surface area (TPSA) is 9.23 Å². The van der Waals surface area contributed by atoms with E-state index in [0.29, 0.717) is 0 Å². The van der Waals surface area contributed by atoms with Crippen LogP contribution in [0.5, 0.6) is 0 Å². The molecule has 2 fully saturated rings. The Balaban J connectivity index is 2.03. The summed E-state index contributed by atoms with van der Waals surface area (Å²) in [5.41, 5.74) is 0. The van der Waals surface area contributed by atoms with Crippen LogP contribution in [0.15, 0.2) is 0 Å². The molecule has 0 saturated carbocycles. The van der Waals surface area contributed by atoms with Gasteiger partial charge in [0.05, 0.1) is 13.2 Å². The Morgan fingerprint density at radius 2 is 1.75 bits per heavy atom. The molecule has 2 saturated heterocycles. The van der Waals surface area contributed by atoms with Crippen molar-refractivity contribution in [2.75, 3.05) is 13.2 Å². The summed E-state index contributed by atoms with van der Waals surface area (Å²) in [6, 6.07) is 0. The van der Waals surface area contributed by atoms with Crippen molar-refractivity contribution in [1.29, 1.82) is 0 Å². The average molecular weight is 130 g/mol. The van der Waals surface area contributed by atoms with Crippen LogP contribution in [0.1, 0.15) is 12.8 Å². The molecule has 0 aromatic rings. The Morgan fingerprint density at radius 1 is 1.12 bits per heavy atom. The van der Waals surface area contributed by atoms with E-state index in [1.54, 1.807) is 0 Å². The van der Waals surface area contributed by atoms with E-state index in [-0.39, 0.29) is 0 Å². The highest BCUT2D eigenvalue weighted by atomic mass is 32.2. The molecule has 2 heterocycles. The van der Waals surface area contributed by atoms with E-state index < -0.39 is 0 Å². The Bertz CT molecular complexity index is 80.5. The molecule has 0 aromatic carbocycles. The van der Waals surface area contributed by atoms with E-state index in [2.05, 4.69) is 11.8 Å². The summed E-state index contributed by atoms with van der Waals surface area (Å²) in [6.45, 7) is 2.03. The summed E-state index contributed by atoms with van der Waals surface area (Å²) in [5.74, 6) is 0. The third kappa shape index (κ3) is 0.759. The number of hydrogen-bond acceptors (Lipinski definition) is 2. The zero-order chi connectivity index (χ0) is 5.40. The van der Waals surface area contributed by atoms with Crippen LogP contribution in [0.2, 0.25) is 0 Å². The minimum atomic E-state index is 0.855. The van der Waals surface area contributed by atoms with E-state index in [1.165, 1.54) is 12.8 Å². The molecule has 2 aliphatic heterocycles. The lowest BCUT2D eigenvalue weighted by atomic mass is 10.2. The van der Waals surface area contributed by atoms with Gasteiger partial charge in [0, 0.05) is 10.5 Å². The molecular formula is C6H10OS. The summed E-state index contributed by atoms with van der Waals surface area (Å²) in [7, 11) is 0. The van der Waals surface area contributed by atoms with Gasteiger partial charge in [-0.25, -0.2) is 0 Å². The van der Waals surface area contributed by atoms with Gasteiger partial charge in [-0.15, -0.1) is 0 Å². The summed E-state index contributed by atoms with van der Waals surface area (Å²) in [4.78, 5) is 0. The summed E-state index contributed by atoms with van der Waals surface area (Å²) in [5, 5.41) is 1.71. The van der Waals surface area contributed by atoms with Crippen LogP contribution in [0.4, 0.5) is 0 Å². The molecule has 46 valence electrons. The van der Waals surface area contributed by atoms with Gasteiger partial charge in [-0.2, -0.15) is 11.8 Å². The molecule has 2 heteroatoms. The first-order valence-corrected chi connectivity index (χ1v) is 4.12. The quantitative estimate of drug-likeness (QED) is 0.488. The maximum Gasteiger partial charge on any atom is 0.0585 e. The molecule has 0 aliphatic carbocycles. The summed E-state index contributed by atoms with van der Waals surface area (Å²) in [6.07, 6.45) is 2.80. The van der Waals surface area contributed by atoms with Gasteiger partial charge in [-0.05, 0) is 12.8 Å². The largest absolute Gasteiger partial charge is 0.379 e. The molecule has 2 aliphatic rings. The van der Waals surface area contributed by atoms with Crippen LogP contribution in [0.25, 0.3) is 0 Å². The molecule has 0 radical (unpaired) electrons. The van der Waals surface area contributed by atoms with Crippen LogP contribution in [0, 0.1) is 0 Å². The van der Waals surface area contributed by atoms with Gasteiger partial charge in [0.25, 0.3) is 0 Å². The van der Waals surface area contributed by atoms with Gasteiger partial charge in [0.15, 0.2) is 0 Å². The van der Waals surface area contributed by atoms with Crippen LogP contribution >= 0.6 is 11.8 Å². The van der Waals surface area contributed by atoms with E-state index in [0.717, 1.165) is 23.7 Å². The molecule has 2 unspecified atom stereocenters. The van der Waals surface area contributed by atoms with Crippen molar-refractivity contribution < 1.29 is 4.74 Å². The van der Waals surface area contributed by atoms with Crippen molar-refractivity contribution in [3.05, 3.63) is 0 Å². The smallest absolute Gasteiger partial charge is 0.0585 e. The number of thioether (sulfide) groups is 1. The fourth-order valence-electron chi connectivity index (χ4n) is 1.36. The minimum Gasteiger partial charge on any atom is -0.379 e. The van der Waals surface area contributed by atoms with Gasteiger partial charge in [-0.3, -0.25) is 0 Å². The van der Waals surface area contributed by atoms with E-state index in [4.69, 9.17) is 4.74 Å². The van der Waals surface area contributed by atoms with E-state index in [9.17, 15) is 0 Å². The molecule has 0 aromatic heterocycles. The Labute approximate surface area is 53.8 Å². The van der Waals surface area contributed by atoms with Gasteiger partial charge < -0.3 is 4.74 Å². The highest BCUT2D eigenvalue weighted by Gasteiger charge is 2.29. The Kier molecular flexibility index (Phi) is 1.23. The number of hydrogen-bond donors (Lipinski definition) is 0. The number of fused-ring (bicyclic) bond motifs is 2. The van der Waals surface area contributed by atoms with Crippen LogP contribution in [0.3, 0.4) is 0 Å². The fraction of sp³-hybridized carbons (Fsp3) is 1.00. The molecule has 2 bridgehead atoms. The predicted octanol–water partition coefficient (Wildman–Crippen LogP) is 1.28. The second-order valence-corrected chi connectivity index (χ2v) is 4.10. The van der Waals surface area contributed by atoms with E-state index >= 15 is 0 Å². The first kappa shape index (κ1) is 5.12. The van der Waals surface area contributed by atoms with Crippen LogP contribution in [-0.2, 0) is 4.74 Å². The normalized spacial score (nSPS) is 45.0. The predicted molar refractivity (Wildman–Crippen MR) is 35.2 cm³/mol. The van der Waals surface area contributed by atoms with Crippen molar-refractivity contribution in [2.45, 2.75) is 23.3 Å². The highest BCUT2D eigenvalue weighted by Crippen LogP contribution is 2.36. The van der Waals surface area contributed by atoms with Crippen molar-refractivity contribution in [3.8, 4) is 0 Å². The fourth-order valence-corrected chi connectivity index (χ4v) is 2.79. The third-order valence-electron chi connectivity index (χ3n) is 1.80. The summed E-state index contributed by atoms with van der Waals surface area (Å²) >= 11 is 2.13. The second kappa shape index (κ2) is 1.92. The number of ether oxygens (including phenoxy) is 1. The lowest BCUT2D eigenvalue weighted by Crippen LogP contribution is -2.18. The van der Waals surface area contributed by atoms with Gasteiger partial charge >= 0.3 is 0 Å².